The number of halogens is 2. The first-order chi connectivity index (χ1) is 14.0. The summed E-state index contributed by atoms with van der Waals surface area (Å²) in [7, 11) is 0. The molecule has 0 aliphatic carbocycles. The van der Waals surface area contributed by atoms with Crippen molar-refractivity contribution in [3.05, 3.63) is 65.7 Å². The molecule has 2 aromatic rings. The Morgan fingerprint density at radius 3 is 2.59 bits per heavy atom. The molecule has 0 unspecified atom stereocenters. The molecule has 0 saturated carbocycles. The molecule has 29 heavy (non-hydrogen) atoms. The summed E-state index contributed by atoms with van der Waals surface area (Å²) in [5.41, 5.74) is 1.14. The van der Waals surface area contributed by atoms with Gasteiger partial charge in [-0.1, -0.05) is 18.2 Å². The predicted molar refractivity (Wildman–Crippen MR) is 107 cm³/mol. The van der Waals surface area contributed by atoms with Gasteiger partial charge in [0.1, 0.15) is 11.6 Å². The van der Waals surface area contributed by atoms with Crippen LogP contribution in [-0.4, -0.2) is 29.9 Å². The van der Waals surface area contributed by atoms with Crippen LogP contribution in [0.4, 0.5) is 19.3 Å². The van der Waals surface area contributed by atoms with Gasteiger partial charge in [0.2, 0.25) is 5.91 Å². The number of hydrogen-bond acceptors (Lipinski definition) is 2. The molecule has 154 valence electrons. The Kier molecular flexibility index (Phi) is 7.16. The fourth-order valence-electron chi connectivity index (χ4n) is 3.53. The SMILES string of the molecule is O=C(CC[C@@H]1CCCN(C(=O)Nc2cccc(F)c2)C1)NCc1cccc(F)c1. The van der Waals surface area contributed by atoms with E-state index >= 15 is 0 Å². The van der Waals surface area contributed by atoms with Crippen molar-refractivity contribution in [2.24, 2.45) is 5.92 Å². The topological polar surface area (TPSA) is 61.4 Å². The van der Waals surface area contributed by atoms with E-state index in [1.54, 1.807) is 29.2 Å². The molecule has 0 aromatic heterocycles. The highest BCUT2D eigenvalue weighted by atomic mass is 19.1. The van der Waals surface area contributed by atoms with Gasteiger partial charge in [0.15, 0.2) is 0 Å². The summed E-state index contributed by atoms with van der Waals surface area (Å²) >= 11 is 0. The first kappa shape index (κ1) is 20.8. The lowest BCUT2D eigenvalue weighted by atomic mass is 9.93. The molecular formula is C22H25F2N3O2. The summed E-state index contributed by atoms with van der Waals surface area (Å²) in [5, 5.41) is 5.52. The average Bonchev–Trinajstić information content (AvgIpc) is 2.71. The van der Waals surface area contributed by atoms with E-state index in [-0.39, 0.29) is 23.7 Å². The molecule has 3 rings (SSSR count). The normalized spacial score (nSPS) is 16.3. The summed E-state index contributed by atoms with van der Waals surface area (Å²) in [6, 6.07) is 11.7. The van der Waals surface area contributed by atoms with Crippen molar-refractivity contribution in [2.45, 2.75) is 32.2 Å². The number of amides is 3. The molecule has 1 aliphatic rings. The van der Waals surface area contributed by atoms with Gasteiger partial charge in [-0.3, -0.25) is 4.79 Å². The molecule has 7 heteroatoms. The standard InChI is InChI=1S/C22H25F2N3O2/c23-18-6-1-4-17(12-18)14-25-21(28)10-9-16-5-3-11-27(15-16)22(29)26-20-8-2-7-19(24)13-20/h1-2,4,6-8,12-13,16H,3,5,9-11,14-15H2,(H,25,28)(H,26,29)/t16-/m0/s1. The van der Waals surface area contributed by atoms with Crippen molar-refractivity contribution in [1.29, 1.82) is 0 Å². The number of likely N-dealkylation sites (tertiary alicyclic amines) is 1. The third-order valence-corrected chi connectivity index (χ3v) is 5.04. The molecule has 1 aliphatic heterocycles. The molecule has 0 bridgehead atoms. The minimum atomic E-state index is -0.399. The van der Waals surface area contributed by atoms with Crippen LogP contribution in [0.1, 0.15) is 31.2 Å². The highest BCUT2D eigenvalue weighted by molar-refractivity contribution is 5.89. The van der Waals surface area contributed by atoms with E-state index in [4.69, 9.17) is 0 Å². The summed E-state index contributed by atoms with van der Waals surface area (Å²) < 4.78 is 26.4. The monoisotopic (exact) mass is 401 g/mol. The predicted octanol–water partition coefficient (Wildman–Crippen LogP) is 4.31. The van der Waals surface area contributed by atoms with Gasteiger partial charge in [-0.25, -0.2) is 13.6 Å². The number of nitrogens with one attached hydrogen (secondary N) is 2. The number of anilines is 1. The van der Waals surface area contributed by atoms with Gasteiger partial charge >= 0.3 is 6.03 Å². The van der Waals surface area contributed by atoms with Gasteiger partial charge in [-0.2, -0.15) is 0 Å². The van der Waals surface area contributed by atoms with Crippen LogP contribution in [0.15, 0.2) is 48.5 Å². The maximum absolute atomic E-state index is 13.3. The van der Waals surface area contributed by atoms with Crippen molar-refractivity contribution in [3.8, 4) is 0 Å². The number of urea groups is 1. The van der Waals surface area contributed by atoms with Crippen molar-refractivity contribution < 1.29 is 18.4 Å². The van der Waals surface area contributed by atoms with E-state index in [0.717, 1.165) is 18.4 Å². The summed E-state index contributed by atoms with van der Waals surface area (Å²) in [6.07, 6.45) is 2.87. The number of piperidine rings is 1. The van der Waals surface area contributed by atoms with E-state index in [1.165, 1.54) is 24.3 Å². The molecule has 1 atom stereocenters. The summed E-state index contributed by atoms with van der Waals surface area (Å²) in [6.45, 7) is 1.51. The number of rotatable bonds is 6. The Bertz CT molecular complexity index is 859. The first-order valence-corrected chi connectivity index (χ1v) is 9.82. The number of nitrogens with zero attached hydrogens (tertiary/aromatic N) is 1. The Hall–Kier alpha value is -2.96. The van der Waals surface area contributed by atoms with Crippen LogP contribution in [0.3, 0.4) is 0 Å². The maximum atomic E-state index is 13.3. The third kappa shape index (κ3) is 6.55. The van der Waals surface area contributed by atoms with Crippen LogP contribution in [0.2, 0.25) is 0 Å². The van der Waals surface area contributed by atoms with Crippen molar-refractivity contribution in [2.75, 3.05) is 18.4 Å². The first-order valence-electron chi connectivity index (χ1n) is 9.82. The van der Waals surface area contributed by atoms with Crippen LogP contribution < -0.4 is 10.6 Å². The highest BCUT2D eigenvalue weighted by Crippen LogP contribution is 2.22. The van der Waals surface area contributed by atoms with Gasteiger partial charge in [0.05, 0.1) is 0 Å². The zero-order valence-electron chi connectivity index (χ0n) is 16.2. The number of benzene rings is 2. The van der Waals surface area contributed by atoms with Crippen molar-refractivity contribution >= 4 is 17.6 Å². The molecular weight excluding hydrogens is 376 g/mol. The Balaban J connectivity index is 1.42. The van der Waals surface area contributed by atoms with Gasteiger partial charge in [0, 0.05) is 31.7 Å². The average molecular weight is 401 g/mol. The van der Waals surface area contributed by atoms with Crippen LogP contribution >= 0.6 is 0 Å². The Morgan fingerprint density at radius 1 is 1.07 bits per heavy atom. The molecule has 2 aromatic carbocycles. The largest absolute Gasteiger partial charge is 0.352 e. The molecule has 3 amide bonds. The van der Waals surface area contributed by atoms with Crippen LogP contribution in [0, 0.1) is 17.6 Å². The van der Waals surface area contributed by atoms with E-state index in [1.807, 2.05) is 0 Å². The van der Waals surface area contributed by atoms with E-state index in [9.17, 15) is 18.4 Å². The molecule has 1 heterocycles. The van der Waals surface area contributed by atoms with E-state index in [2.05, 4.69) is 10.6 Å². The quantitative estimate of drug-likeness (QED) is 0.758. The third-order valence-electron chi connectivity index (χ3n) is 5.04. The molecule has 5 nitrogen and oxygen atoms in total. The molecule has 2 N–H and O–H groups in total. The highest BCUT2D eigenvalue weighted by Gasteiger charge is 2.24. The zero-order chi connectivity index (χ0) is 20.6. The minimum Gasteiger partial charge on any atom is -0.352 e. The van der Waals surface area contributed by atoms with E-state index in [0.29, 0.717) is 38.2 Å². The number of carbonyl (C=O) groups excluding carboxylic acids is 2. The Labute approximate surface area is 169 Å². The van der Waals surface area contributed by atoms with E-state index < -0.39 is 5.82 Å². The molecule has 0 spiro atoms. The second-order valence-corrected chi connectivity index (χ2v) is 7.34. The summed E-state index contributed by atoms with van der Waals surface area (Å²) in [5.74, 6) is -0.573. The smallest absolute Gasteiger partial charge is 0.321 e. The molecule has 1 saturated heterocycles. The number of hydrogen-bond donors (Lipinski definition) is 2. The fourth-order valence-corrected chi connectivity index (χ4v) is 3.53. The zero-order valence-corrected chi connectivity index (χ0v) is 16.2. The lowest BCUT2D eigenvalue weighted by Gasteiger charge is -2.32. The minimum absolute atomic E-state index is 0.0874. The lowest BCUT2D eigenvalue weighted by molar-refractivity contribution is -0.121. The second-order valence-electron chi connectivity index (χ2n) is 7.34. The number of carbonyl (C=O) groups is 2. The van der Waals surface area contributed by atoms with Gasteiger partial charge in [-0.15, -0.1) is 0 Å². The van der Waals surface area contributed by atoms with Crippen LogP contribution in [0.25, 0.3) is 0 Å². The van der Waals surface area contributed by atoms with Crippen molar-refractivity contribution in [1.82, 2.24) is 10.2 Å². The molecule has 1 fully saturated rings. The summed E-state index contributed by atoms with van der Waals surface area (Å²) in [4.78, 5) is 26.2. The Morgan fingerprint density at radius 2 is 1.83 bits per heavy atom. The second kappa shape index (κ2) is 10.0. The van der Waals surface area contributed by atoms with Gasteiger partial charge in [-0.05, 0) is 61.1 Å². The van der Waals surface area contributed by atoms with Gasteiger partial charge < -0.3 is 15.5 Å². The van der Waals surface area contributed by atoms with Crippen LogP contribution in [-0.2, 0) is 11.3 Å². The van der Waals surface area contributed by atoms with Crippen molar-refractivity contribution in [3.63, 3.8) is 0 Å². The lowest BCUT2D eigenvalue weighted by Crippen LogP contribution is -2.42. The fraction of sp³-hybridized carbons (Fsp3) is 0.364. The van der Waals surface area contributed by atoms with Crippen LogP contribution in [0.5, 0.6) is 0 Å². The van der Waals surface area contributed by atoms with Gasteiger partial charge in [0.25, 0.3) is 0 Å². The maximum Gasteiger partial charge on any atom is 0.321 e. The molecule has 0 radical (unpaired) electrons.